The first-order chi connectivity index (χ1) is 9.79. The highest BCUT2D eigenvalue weighted by atomic mass is 79.9. The third-order valence-electron chi connectivity index (χ3n) is 4.85. The third-order valence-corrected chi connectivity index (χ3v) is 5.34. The Morgan fingerprint density at radius 3 is 2.57 bits per heavy atom. The van der Waals surface area contributed by atoms with Gasteiger partial charge in [-0.3, -0.25) is 4.79 Å². The number of fused-ring (bicyclic) bond motifs is 1. The smallest absolute Gasteiger partial charge is 0.258 e. The van der Waals surface area contributed by atoms with Crippen LogP contribution in [0.15, 0.2) is 22.7 Å². The number of carbonyl (C=O) groups excluding carboxylic acids is 1. The summed E-state index contributed by atoms with van der Waals surface area (Å²) in [5, 5.41) is 3.11. The average Bonchev–Trinajstić information content (AvgIpc) is 2.39. The molecule has 0 unspecified atom stereocenters. The minimum atomic E-state index is -0.500. The van der Waals surface area contributed by atoms with Gasteiger partial charge < -0.3 is 10.1 Å². The van der Waals surface area contributed by atoms with Crippen LogP contribution in [0, 0.1) is 11.3 Å². The number of ether oxygens (including phenoxy) is 1. The maximum absolute atomic E-state index is 12.4. The SMILES string of the molecule is CC(C)(C)C1CCC2(CC1)NC(=O)c1cc(Br)ccc1O2. The number of hydrogen-bond acceptors (Lipinski definition) is 2. The molecule has 0 saturated heterocycles. The van der Waals surface area contributed by atoms with Crippen molar-refractivity contribution in [3.8, 4) is 5.75 Å². The highest BCUT2D eigenvalue weighted by molar-refractivity contribution is 9.10. The number of halogens is 1. The number of benzene rings is 1. The van der Waals surface area contributed by atoms with E-state index in [1.165, 1.54) is 0 Å². The first-order valence-electron chi connectivity index (χ1n) is 7.60. The molecule has 1 heterocycles. The van der Waals surface area contributed by atoms with E-state index in [4.69, 9.17) is 4.74 Å². The highest BCUT2D eigenvalue weighted by Crippen LogP contribution is 2.44. The van der Waals surface area contributed by atoms with E-state index in [9.17, 15) is 4.79 Å². The Morgan fingerprint density at radius 1 is 1.29 bits per heavy atom. The van der Waals surface area contributed by atoms with Gasteiger partial charge in [-0.1, -0.05) is 36.7 Å². The molecule has 1 spiro atoms. The predicted molar refractivity (Wildman–Crippen MR) is 86.4 cm³/mol. The number of rotatable bonds is 0. The van der Waals surface area contributed by atoms with Crippen molar-refractivity contribution in [2.24, 2.45) is 11.3 Å². The summed E-state index contributed by atoms with van der Waals surface area (Å²) in [5.74, 6) is 1.37. The van der Waals surface area contributed by atoms with E-state index in [-0.39, 0.29) is 5.91 Å². The Bertz CT molecular complexity index is 569. The Morgan fingerprint density at radius 2 is 1.95 bits per heavy atom. The van der Waals surface area contributed by atoms with Gasteiger partial charge in [0.25, 0.3) is 5.91 Å². The molecule has 1 saturated carbocycles. The van der Waals surface area contributed by atoms with Crippen LogP contribution in [0.4, 0.5) is 0 Å². The molecule has 4 heteroatoms. The molecule has 1 aliphatic heterocycles. The summed E-state index contributed by atoms with van der Waals surface area (Å²) in [6.07, 6.45) is 3.96. The minimum Gasteiger partial charge on any atom is -0.467 e. The van der Waals surface area contributed by atoms with Crippen LogP contribution in [0.25, 0.3) is 0 Å². The molecule has 114 valence electrons. The monoisotopic (exact) mass is 351 g/mol. The van der Waals surface area contributed by atoms with E-state index >= 15 is 0 Å². The van der Waals surface area contributed by atoms with Gasteiger partial charge in [-0.25, -0.2) is 0 Å². The van der Waals surface area contributed by atoms with Crippen LogP contribution in [0.3, 0.4) is 0 Å². The Balaban J connectivity index is 1.80. The number of nitrogens with one attached hydrogen (secondary N) is 1. The third kappa shape index (κ3) is 2.83. The van der Waals surface area contributed by atoms with Crippen molar-refractivity contribution in [2.45, 2.75) is 52.2 Å². The Labute approximate surface area is 134 Å². The topological polar surface area (TPSA) is 38.3 Å². The largest absolute Gasteiger partial charge is 0.467 e. The number of carbonyl (C=O) groups is 1. The van der Waals surface area contributed by atoms with Crippen molar-refractivity contribution >= 4 is 21.8 Å². The van der Waals surface area contributed by atoms with Crippen LogP contribution >= 0.6 is 15.9 Å². The van der Waals surface area contributed by atoms with Gasteiger partial charge in [-0.15, -0.1) is 0 Å². The summed E-state index contributed by atoms with van der Waals surface area (Å²) in [6.45, 7) is 6.88. The van der Waals surface area contributed by atoms with Crippen molar-refractivity contribution < 1.29 is 9.53 Å². The van der Waals surface area contributed by atoms with Crippen molar-refractivity contribution in [3.63, 3.8) is 0 Å². The molecule has 3 nitrogen and oxygen atoms in total. The first kappa shape index (κ1) is 14.9. The normalized spacial score (nSPS) is 28.8. The molecular formula is C17H22BrNO2. The Hall–Kier alpha value is -1.03. The van der Waals surface area contributed by atoms with Crippen LogP contribution in [0.1, 0.15) is 56.8 Å². The van der Waals surface area contributed by atoms with Crippen molar-refractivity contribution in [3.05, 3.63) is 28.2 Å². The highest BCUT2D eigenvalue weighted by Gasteiger charge is 2.44. The molecule has 0 aromatic heterocycles. The van der Waals surface area contributed by atoms with Gasteiger partial charge in [0.2, 0.25) is 0 Å². The van der Waals surface area contributed by atoms with Gasteiger partial charge in [0.1, 0.15) is 5.75 Å². The molecule has 2 aliphatic rings. The first-order valence-corrected chi connectivity index (χ1v) is 8.39. The number of hydrogen-bond donors (Lipinski definition) is 1. The van der Waals surface area contributed by atoms with E-state index in [1.54, 1.807) is 0 Å². The number of amides is 1. The fourth-order valence-electron chi connectivity index (χ4n) is 3.46. The predicted octanol–water partition coefficient (Wildman–Crippen LogP) is 4.50. The van der Waals surface area contributed by atoms with Gasteiger partial charge in [0, 0.05) is 17.3 Å². The zero-order chi connectivity index (χ0) is 15.3. The maximum atomic E-state index is 12.4. The van der Waals surface area contributed by atoms with Gasteiger partial charge in [0.15, 0.2) is 5.72 Å². The molecule has 1 aliphatic carbocycles. The quantitative estimate of drug-likeness (QED) is 0.746. The molecule has 1 aromatic carbocycles. The van der Waals surface area contributed by atoms with Crippen molar-refractivity contribution in [2.75, 3.05) is 0 Å². The zero-order valence-corrected chi connectivity index (χ0v) is 14.4. The molecule has 1 fully saturated rings. The van der Waals surface area contributed by atoms with Crippen molar-refractivity contribution in [1.29, 1.82) is 0 Å². The van der Waals surface area contributed by atoms with Gasteiger partial charge in [-0.05, 0) is 42.4 Å². The van der Waals surface area contributed by atoms with E-state index < -0.39 is 5.72 Å². The molecular weight excluding hydrogens is 330 g/mol. The second-order valence-electron chi connectivity index (χ2n) is 7.33. The molecule has 1 N–H and O–H groups in total. The molecule has 1 aromatic rings. The lowest BCUT2D eigenvalue weighted by atomic mass is 9.70. The van der Waals surface area contributed by atoms with Crippen molar-refractivity contribution in [1.82, 2.24) is 5.32 Å². The summed E-state index contributed by atoms with van der Waals surface area (Å²) < 4.78 is 7.09. The van der Waals surface area contributed by atoms with Gasteiger partial charge in [0.05, 0.1) is 5.56 Å². The second kappa shape index (κ2) is 5.01. The summed E-state index contributed by atoms with van der Waals surface area (Å²) in [5.41, 5.74) is 0.441. The summed E-state index contributed by atoms with van der Waals surface area (Å²) in [4.78, 5) is 12.4. The van der Waals surface area contributed by atoms with E-state index in [1.807, 2.05) is 18.2 Å². The maximum Gasteiger partial charge on any atom is 0.258 e. The van der Waals surface area contributed by atoms with Crippen LogP contribution in [0.2, 0.25) is 0 Å². The van der Waals surface area contributed by atoms with E-state index in [0.29, 0.717) is 22.6 Å². The second-order valence-corrected chi connectivity index (χ2v) is 8.25. The Kier molecular flexibility index (Phi) is 3.55. The van der Waals surface area contributed by atoms with Crippen LogP contribution in [-0.2, 0) is 0 Å². The molecule has 21 heavy (non-hydrogen) atoms. The average molecular weight is 352 g/mol. The fraction of sp³-hybridized carbons (Fsp3) is 0.588. The molecule has 0 atom stereocenters. The minimum absolute atomic E-state index is 0.0215. The summed E-state index contributed by atoms with van der Waals surface area (Å²) in [7, 11) is 0. The fourth-order valence-corrected chi connectivity index (χ4v) is 3.82. The lowest BCUT2D eigenvalue weighted by Gasteiger charge is -2.46. The molecule has 0 bridgehead atoms. The van der Waals surface area contributed by atoms with Crippen LogP contribution < -0.4 is 10.1 Å². The van der Waals surface area contributed by atoms with Gasteiger partial charge in [-0.2, -0.15) is 0 Å². The van der Waals surface area contributed by atoms with Gasteiger partial charge >= 0.3 is 0 Å². The molecule has 3 rings (SSSR count). The molecule has 0 radical (unpaired) electrons. The zero-order valence-electron chi connectivity index (χ0n) is 12.8. The lowest BCUT2D eigenvalue weighted by molar-refractivity contribution is -0.0321. The standard InChI is InChI=1S/C17H22BrNO2/c1-16(2,3)11-6-8-17(9-7-11)19-15(20)13-10-12(18)4-5-14(13)21-17/h4-5,10-11H,6-9H2,1-3H3,(H,19,20). The summed E-state index contributed by atoms with van der Waals surface area (Å²) >= 11 is 3.40. The lowest BCUT2D eigenvalue weighted by Crippen LogP contribution is -2.58. The molecule has 1 amide bonds. The van der Waals surface area contributed by atoms with E-state index in [2.05, 4.69) is 42.0 Å². The van der Waals surface area contributed by atoms with E-state index in [0.717, 1.165) is 30.2 Å². The van der Waals surface area contributed by atoms with Crippen LogP contribution in [-0.4, -0.2) is 11.6 Å². The van der Waals surface area contributed by atoms with Crippen LogP contribution in [0.5, 0.6) is 5.75 Å². The summed E-state index contributed by atoms with van der Waals surface area (Å²) in [6, 6.07) is 5.62.